The van der Waals surface area contributed by atoms with Crippen LogP contribution in [-0.4, -0.2) is 74.9 Å². The standard InChI is InChI=1S/C50H84NO8P/c1-6-8-10-12-14-16-18-20-22-24-25-27-29-31-33-35-37-39-41-43-50(53)59-48(47-58-60(54,55)57-45-44-51(3,4)5)46-56-49(52)42-40-38-36-34-32-30-28-26-23-21-19-17-15-13-11-9-7-2/h8,10,14-17,20-23,25,27,31,33,37,39,48H,6-7,9,11-13,18-19,24,26,28-30,32,34-36,38,40-47H2,1-5H3/p+1/b10-8-,16-14-,17-15-,22-20-,23-21-,27-25-,33-31-,39-37-. The van der Waals surface area contributed by atoms with Crippen molar-refractivity contribution in [2.45, 2.75) is 161 Å². The fourth-order valence-electron chi connectivity index (χ4n) is 5.54. The van der Waals surface area contributed by atoms with E-state index in [2.05, 4.69) is 98.9 Å². The van der Waals surface area contributed by atoms with Crippen LogP contribution in [0.1, 0.15) is 155 Å². The molecular formula is C50H85NO8P+. The van der Waals surface area contributed by atoms with E-state index in [0.29, 0.717) is 23.9 Å². The summed E-state index contributed by atoms with van der Waals surface area (Å²) in [5, 5.41) is 0. The Labute approximate surface area is 366 Å². The number of carbonyl (C=O) groups excluding carboxylic acids is 2. The van der Waals surface area contributed by atoms with Crippen LogP contribution in [0.5, 0.6) is 0 Å². The number of ether oxygens (including phenoxy) is 2. The summed E-state index contributed by atoms with van der Waals surface area (Å²) in [6.45, 7) is 4.16. The van der Waals surface area contributed by atoms with Crippen molar-refractivity contribution in [3.05, 3.63) is 97.2 Å². The van der Waals surface area contributed by atoms with Crippen LogP contribution in [0.2, 0.25) is 0 Å². The summed E-state index contributed by atoms with van der Waals surface area (Å²) >= 11 is 0. The van der Waals surface area contributed by atoms with Crippen molar-refractivity contribution in [2.24, 2.45) is 0 Å². The Hall–Kier alpha value is -3.07. The average molecular weight is 859 g/mol. The number of unbranched alkanes of at least 4 members (excludes halogenated alkanes) is 10. The van der Waals surface area contributed by atoms with Crippen molar-refractivity contribution < 1.29 is 42.1 Å². The molecule has 0 aromatic rings. The number of nitrogens with zero attached hydrogens (tertiary/aromatic N) is 1. The summed E-state index contributed by atoms with van der Waals surface area (Å²) in [6, 6.07) is 0. The lowest BCUT2D eigenvalue weighted by atomic mass is 10.1. The minimum Gasteiger partial charge on any atom is -0.462 e. The van der Waals surface area contributed by atoms with E-state index in [4.69, 9.17) is 18.5 Å². The van der Waals surface area contributed by atoms with Crippen molar-refractivity contribution in [3.63, 3.8) is 0 Å². The first-order valence-electron chi connectivity index (χ1n) is 23.0. The Morgan fingerprint density at radius 3 is 1.48 bits per heavy atom. The predicted octanol–water partition coefficient (Wildman–Crippen LogP) is 13.4. The number of allylic oxidation sites excluding steroid dienone is 16. The van der Waals surface area contributed by atoms with Crippen LogP contribution in [0.15, 0.2) is 97.2 Å². The molecule has 342 valence electrons. The largest absolute Gasteiger partial charge is 0.472 e. The summed E-state index contributed by atoms with van der Waals surface area (Å²) in [5.41, 5.74) is 0. The van der Waals surface area contributed by atoms with Crippen LogP contribution >= 0.6 is 7.82 Å². The molecule has 0 aromatic carbocycles. The Balaban J connectivity index is 4.49. The van der Waals surface area contributed by atoms with Gasteiger partial charge in [-0.3, -0.25) is 18.6 Å². The van der Waals surface area contributed by atoms with E-state index in [-0.39, 0.29) is 26.1 Å². The number of phosphoric acid groups is 1. The molecule has 10 heteroatoms. The van der Waals surface area contributed by atoms with Crippen LogP contribution in [0.25, 0.3) is 0 Å². The van der Waals surface area contributed by atoms with Crippen molar-refractivity contribution in [1.29, 1.82) is 0 Å². The van der Waals surface area contributed by atoms with Gasteiger partial charge >= 0.3 is 19.8 Å². The summed E-state index contributed by atoms with van der Waals surface area (Å²) in [4.78, 5) is 35.4. The van der Waals surface area contributed by atoms with Gasteiger partial charge in [-0.25, -0.2) is 4.57 Å². The third-order valence-electron chi connectivity index (χ3n) is 9.11. The SMILES string of the molecule is CC/C=C\C/C=C\C/C=C\C/C=C\C/C=C\C/C=C\CCC(=O)OC(COC(=O)CCCCCCCCC/C=C\C/C=C\CCCCC)COP(=O)(O)OCC[N+](C)(C)C. The second-order valence-electron chi connectivity index (χ2n) is 16.0. The van der Waals surface area contributed by atoms with E-state index in [1.54, 1.807) is 0 Å². The number of esters is 2. The fraction of sp³-hybridized carbons (Fsp3) is 0.640. The molecule has 0 saturated carbocycles. The predicted molar refractivity (Wildman–Crippen MR) is 252 cm³/mol. The molecule has 0 fully saturated rings. The first-order valence-corrected chi connectivity index (χ1v) is 24.5. The molecule has 0 heterocycles. The molecule has 0 rings (SSSR count). The van der Waals surface area contributed by atoms with Crippen molar-refractivity contribution in [1.82, 2.24) is 0 Å². The number of hydrogen-bond donors (Lipinski definition) is 1. The molecule has 0 aliphatic carbocycles. The monoisotopic (exact) mass is 859 g/mol. The molecule has 2 atom stereocenters. The number of phosphoric ester groups is 1. The molecule has 0 saturated heterocycles. The number of quaternary nitrogens is 1. The van der Waals surface area contributed by atoms with E-state index in [1.165, 1.54) is 44.9 Å². The molecule has 0 aliphatic rings. The summed E-state index contributed by atoms with van der Waals surface area (Å²) in [6.07, 6.45) is 54.7. The van der Waals surface area contributed by atoms with Gasteiger partial charge in [0.15, 0.2) is 6.10 Å². The minimum atomic E-state index is -4.41. The van der Waals surface area contributed by atoms with Crippen LogP contribution in [-0.2, 0) is 32.7 Å². The van der Waals surface area contributed by atoms with Gasteiger partial charge in [0.1, 0.15) is 19.8 Å². The van der Waals surface area contributed by atoms with Crippen LogP contribution in [0, 0.1) is 0 Å². The van der Waals surface area contributed by atoms with Crippen LogP contribution in [0.3, 0.4) is 0 Å². The van der Waals surface area contributed by atoms with Gasteiger partial charge < -0.3 is 18.9 Å². The Bertz CT molecular complexity index is 1340. The molecule has 0 amide bonds. The highest BCUT2D eigenvalue weighted by atomic mass is 31.2. The smallest absolute Gasteiger partial charge is 0.462 e. The molecule has 0 spiro atoms. The fourth-order valence-corrected chi connectivity index (χ4v) is 6.28. The van der Waals surface area contributed by atoms with E-state index >= 15 is 0 Å². The number of carbonyl (C=O) groups is 2. The zero-order valence-electron chi connectivity index (χ0n) is 38.4. The maximum atomic E-state index is 12.7. The van der Waals surface area contributed by atoms with Gasteiger partial charge in [-0.15, -0.1) is 0 Å². The van der Waals surface area contributed by atoms with E-state index in [0.717, 1.165) is 70.6 Å². The minimum absolute atomic E-state index is 0.0113. The van der Waals surface area contributed by atoms with Crippen LogP contribution in [0.4, 0.5) is 0 Å². The molecule has 2 unspecified atom stereocenters. The molecule has 0 aliphatic heterocycles. The summed E-state index contributed by atoms with van der Waals surface area (Å²) in [7, 11) is 1.41. The van der Waals surface area contributed by atoms with E-state index < -0.39 is 32.5 Å². The molecule has 1 N–H and O–H groups in total. The van der Waals surface area contributed by atoms with Crippen molar-refractivity contribution in [3.8, 4) is 0 Å². The lowest BCUT2D eigenvalue weighted by Crippen LogP contribution is -2.37. The summed E-state index contributed by atoms with van der Waals surface area (Å²) < 4.78 is 34.2. The molecule has 0 radical (unpaired) electrons. The first kappa shape index (κ1) is 56.9. The topological polar surface area (TPSA) is 108 Å². The van der Waals surface area contributed by atoms with E-state index in [9.17, 15) is 19.0 Å². The van der Waals surface area contributed by atoms with Crippen LogP contribution < -0.4 is 0 Å². The van der Waals surface area contributed by atoms with Gasteiger partial charge in [-0.1, -0.05) is 156 Å². The average Bonchev–Trinajstić information content (AvgIpc) is 3.20. The second-order valence-corrected chi connectivity index (χ2v) is 17.5. The molecule has 0 bridgehead atoms. The molecule has 60 heavy (non-hydrogen) atoms. The maximum absolute atomic E-state index is 12.7. The highest BCUT2D eigenvalue weighted by Crippen LogP contribution is 2.43. The highest BCUT2D eigenvalue weighted by molar-refractivity contribution is 7.47. The number of rotatable bonds is 40. The second kappa shape index (κ2) is 41.3. The van der Waals surface area contributed by atoms with Gasteiger partial charge in [0.2, 0.25) is 0 Å². The lowest BCUT2D eigenvalue weighted by Gasteiger charge is -2.24. The lowest BCUT2D eigenvalue weighted by molar-refractivity contribution is -0.870. The van der Waals surface area contributed by atoms with Gasteiger partial charge in [0.25, 0.3) is 0 Å². The Morgan fingerprint density at radius 1 is 0.533 bits per heavy atom. The number of likely N-dealkylation sites (N-methyl/N-ethyl adjacent to an activating group) is 1. The van der Waals surface area contributed by atoms with Crippen molar-refractivity contribution >= 4 is 19.8 Å². The van der Waals surface area contributed by atoms with Gasteiger partial charge in [0.05, 0.1) is 27.7 Å². The third kappa shape index (κ3) is 44.5. The quantitative estimate of drug-likeness (QED) is 0.0213. The van der Waals surface area contributed by atoms with Crippen molar-refractivity contribution in [2.75, 3.05) is 47.5 Å². The Morgan fingerprint density at radius 2 is 0.983 bits per heavy atom. The number of hydrogen-bond acceptors (Lipinski definition) is 7. The molecular weight excluding hydrogens is 774 g/mol. The van der Waals surface area contributed by atoms with Gasteiger partial charge in [0, 0.05) is 12.8 Å². The zero-order chi connectivity index (χ0) is 44.3. The molecule has 0 aromatic heterocycles. The molecule has 9 nitrogen and oxygen atoms in total. The normalized spacial score (nSPS) is 14.4. The zero-order valence-corrected chi connectivity index (χ0v) is 39.3. The van der Waals surface area contributed by atoms with Gasteiger partial charge in [-0.2, -0.15) is 0 Å². The Kier molecular flexibility index (Phi) is 39.2. The van der Waals surface area contributed by atoms with Gasteiger partial charge in [-0.05, 0) is 83.5 Å². The highest BCUT2D eigenvalue weighted by Gasteiger charge is 2.27. The third-order valence-corrected chi connectivity index (χ3v) is 10.1. The van der Waals surface area contributed by atoms with E-state index in [1.807, 2.05) is 33.3 Å². The maximum Gasteiger partial charge on any atom is 0.472 e. The first-order chi connectivity index (χ1) is 29.0. The summed E-state index contributed by atoms with van der Waals surface area (Å²) in [5.74, 6) is -0.915.